The van der Waals surface area contributed by atoms with Gasteiger partial charge in [-0.1, -0.05) is 201 Å². The number of hydrogen-bond donors (Lipinski definition) is 0. The fourth-order valence-corrected chi connectivity index (χ4v) is 16.6. The van der Waals surface area contributed by atoms with Crippen LogP contribution in [0, 0.1) is 47.3 Å². The van der Waals surface area contributed by atoms with E-state index in [1.54, 1.807) is 0 Å². The van der Waals surface area contributed by atoms with Crippen LogP contribution in [-0.4, -0.2) is 0 Å². The first-order valence-corrected chi connectivity index (χ1v) is 26.1. The number of hydrogen-bond acceptors (Lipinski definition) is 0. The third kappa shape index (κ3) is 5.82. The van der Waals surface area contributed by atoms with Crippen molar-refractivity contribution in [3.05, 3.63) is 164 Å². The van der Waals surface area contributed by atoms with Gasteiger partial charge in [0.2, 0.25) is 0 Å². The van der Waals surface area contributed by atoms with Crippen LogP contribution < -0.4 is 0 Å². The zero-order valence-corrected chi connectivity index (χ0v) is 44.3. The van der Waals surface area contributed by atoms with Gasteiger partial charge in [-0.05, 0) is 179 Å². The summed E-state index contributed by atoms with van der Waals surface area (Å²) in [5.41, 5.74) is 22.8. The number of fused-ring (bicyclic) bond motifs is 12. The summed E-state index contributed by atoms with van der Waals surface area (Å²) in [6, 6.07) is 41.7. The average Bonchev–Trinajstić information content (AvgIpc) is 3.93. The van der Waals surface area contributed by atoms with Crippen LogP contribution >= 0.6 is 23.2 Å². The third-order valence-corrected chi connectivity index (χ3v) is 18.7. The lowest BCUT2D eigenvalue weighted by Gasteiger charge is -2.42. The van der Waals surface area contributed by atoms with E-state index in [1.165, 1.54) is 89.0 Å². The molecule has 0 amide bonds. The minimum atomic E-state index is -0.0894. The predicted molar refractivity (Wildman–Crippen MR) is 286 cm³/mol. The van der Waals surface area contributed by atoms with Gasteiger partial charge in [-0.15, -0.1) is 0 Å². The zero-order valence-electron chi connectivity index (χ0n) is 42.8. The van der Waals surface area contributed by atoms with Crippen molar-refractivity contribution in [2.24, 2.45) is 47.3 Å². The normalized spacial score (nSPS) is 17.0. The molecule has 10 rings (SSSR count). The highest BCUT2D eigenvalue weighted by Crippen LogP contribution is 2.65. The Morgan fingerprint density at radius 3 is 0.970 bits per heavy atom. The van der Waals surface area contributed by atoms with Crippen LogP contribution in [0.4, 0.5) is 0 Å². The van der Waals surface area contributed by atoms with Crippen molar-refractivity contribution in [3.8, 4) is 44.5 Å². The molecular formula is C64H74Cl2. The van der Waals surface area contributed by atoms with Gasteiger partial charge in [0.1, 0.15) is 0 Å². The Bertz CT molecular complexity index is 2800. The lowest BCUT2D eigenvalue weighted by atomic mass is 9.61. The number of rotatable bonds is 8. The fraction of sp³-hybridized carbons (Fsp3) is 0.438. The summed E-state index contributed by atoms with van der Waals surface area (Å²) in [7, 11) is 0. The minimum absolute atomic E-state index is 0.0137. The molecule has 66 heavy (non-hydrogen) atoms. The molecule has 0 nitrogen and oxygen atoms in total. The van der Waals surface area contributed by atoms with Crippen LogP contribution in [-0.2, 0) is 21.7 Å². The Hall–Kier alpha value is -4.10. The van der Waals surface area contributed by atoms with Gasteiger partial charge < -0.3 is 0 Å². The summed E-state index contributed by atoms with van der Waals surface area (Å²) in [6.07, 6.45) is 0. The predicted octanol–water partition coefficient (Wildman–Crippen LogP) is 19.0. The van der Waals surface area contributed by atoms with Gasteiger partial charge in [-0.3, -0.25) is 0 Å². The van der Waals surface area contributed by atoms with E-state index in [2.05, 4.69) is 220 Å². The first-order chi connectivity index (χ1) is 31.2. The zero-order chi connectivity index (χ0) is 47.7. The van der Waals surface area contributed by atoms with Crippen molar-refractivity contribution in [3.63, 3.8) is 0 Å². The van der Waals surface area contributed by atoms with Crippen LogP contribution in [0.3, 0.4) is 0 Å². The second-order valence-corrected chi connectivity index (χ2v) is 23.9. The second kappa shape index (κ2) is 16.3. The van der Waals surface area contributed by atoms with E-state index in [4.69, 9.17) is 23.2 Å². The summed E-state index contributed by atoms with van der Waals surface area (Å²) in [5.74, 6) is 3.83. The molecule has 4 aliphatic rings. The molecule has 0 bridgehead atoms. The minimum Gasteiger partial charge on any atom is -0.0843 e. The highest BCUT2D eigenvalue weighted by molar-refractivity contribution is 6.32. The summed E-state index contributed by atoms with van der Waals surface area (Å²) in [4.78, 5) is 0. The molecule has 0 unspecified atom stereocenters. The van der Waals surface area contributed by atoms with Gasteiger partial charge in [0.25, 0.3) is 0 Å². The lowest BCUT2D eigenvalue weighted by Crippen LogP contribution is -2.38. The summed E-state index contributed by atoms with van der Waals surface area (Å²) in [6.45, 7) is 38.2. The van der Waals surface area contributed by atoms with Crippen molar-refractivity contribution in [2.75, 3.05) is 0 Å². The van der Waals surface area contributed by atoms with E-state index in [0.717, 1.165) is 10.0 Å². The Balaban J connectivity index is 0.000000166. The average molecular weight is 914 g/mol. The van der Waals surface area contributed by atoms with E-state index >= 15 is 0 Å². The molecule has 0 aliphatic heterocycles. The molecule has 344 valence electrons. The molecule has 4 aliphatic carbocycles. The molecule has 6 aromatic carbocycles. The lowest BCUT2D eigenvalue weighted by molar-refractivity contribution is 0.277. The SMILES string of the molecule is CC(C)C1(C(C)C)c2ccccc2-c2cc3c(cc21)-c1cc(Cl)ccc1C3(C(C)C)C(C)C.CC(C)C1(C(C)C)c2ccccc2-c2cc3c(cc21)-c1cccc(Cl)c1C3(C(C)C)C(C)C. The first-order valence-electron chi connectivity index (χ1n) is 25.4. The topological polar surface area (TPSA) is 0 Å². The van der Waals surface area contributed by atoms with Crippen molar-refractivity contribution in [1.29, 1.82) is 0 Å². The van der Waals surface area contributed by atoms with E-state index < -0.39 is 0 Å². The Labute approximate surface area is 409 Å². The molecule has 0 saturated heterocycles. The Kier molecular flexibility index (Phi) is 11.6. The maximum Gasteiger partial charge on any atom is 0.0453 e. The molecule has 0 atom stereocenters. The van der Waals surface area contributed by atoms with E-state index in [1.807, 2.05) is 0 Å². The standard InChI is InChI=1S/2C32H37Cl/c1-18(2)31(19(3)4)26-14-10-9-12-22(26)24-16-28-25(17-27(24)31)23-13-11-15-29(33)30(23)32(28,20(5)6)21(7)8;1-18(2)31(19(3)4)27-12-10-9-11-23(27)25-16-30-26(17-29(25)31)24-15-22(33)13-14-28(24)32(30,20(5)6)21(7)8/h2*9-21H,1-8H3. The monoisotopic (exact) mass is 913 g/mol. The van der Waals surface area contributed by atoms with Gasteiger partial charge >= 0.3 is 0 Å². The highest BCUT2D eigenvalue weighted by atomic mass is 35.5. The molecule has 0 spiro atoms. The molecule has 0 heterocycles. The smallest absolute Gasteiger partial charge is 0.0453 e. The highest BCUT2D eigenvalue weighted by Gasteiger charge is 2.55. The van der Waals surface area contributed by atoms with Crippen molar-refractivity contribution in [1.82, 2.24) is 0 Å². The second-order valence-electron chi connectivity index (χ2n) is 23.0. The molecule has 6 aromatic rings. The largest absolute Gasteiger partial charge is 0.0843 e. The summed E-state index contributed by atoms with van der Waals surface area (Å²) in [5, 5.41) is 1.73. The van der Waals surface area contributed by atoms with Crippen LogP contribution in [0.25, 0.3) is 44.5 Å². The van der Waals surface area contributed by atoms with Gasteiger partial charge in [-0.2, -0.15) is 0 Å². The Morgan fingerprint density at radius 2 is 0.576 bits per heavy atom. The van der Waals surface area contributed by atoms with E-state index in [9.17, 15) is 0 Å². The molecule has 0 saturated carbocycles. The molecular weight excluding hydrogens is 840 g/mol. The fourth-order valence-electron chi connectivity index (χ4n) is 16.1. The maximum atomic E-state index is 7.00. The first kappa shape index (κ1) is 47.0. The molecule has 0 aromatic heterocycles. The molecule has 0 radical (unpaired) electrons. The number of benzene rings is 6. The maximum absolute atomic E-state index is 7.00. The Morgan fingerprint density at radius 1 is 0.273 bits per heavy atom. The third-order valence-electron chi connectivity index (χ3n) is 18.1. The van der Waals surface area contributed by atoms with E-state index in [-0.39, 0.29) is 21.7 Å². The van der Waals surface area contributed by atoms with E-state index in [0.29, 0.717) is 47.3 Å². The summed E-state index contributed by atoms with van der Waals surface area (Å²) >= 11 is 13.6. The van der Waals surface area contributed by atoms with Crippen LogP contribution in [0.1, 0.15) is 155 Å². The quantitative estimate of drug-likeness (QED) is 0.143. The van der Waals surface area contributed by atoms with Gasteiger partial charge in [0, 0.05) is 31.7 Å². The van der Waals surface area contributed by atoms with Gasteiger partial charge in [0.05, 0.1) is 0 Å². The van der Waals surface area contributed by atoms with Crippen LogP contribution in [0.5, 0.6) is 0 Å². The molecule has 0 fully saturated rings. The van der Waals surface area contributed by atoms with Crippen molar-refractivity contribution < 1.29 is 0 Å². The van der Waals surface area contributed by atoms with Crippen molar-refractivity contribution in [2.45, 2.75) is 132 Å². The van der Waals surface area contributed by atoms with Crippen LogP contribution in [0.15, 0.2) is 109 Å². The molecule has 0 N–H and O–H groups in total. The van der Waals surface area contributed by atoms with Gasteiger partial charge in [-0.25, -0.2) is 0 Å². The summed E-state index contributed by atoms with van der Waals surface area (Å²) < 4.78 is 0. The van der Waals surface area contributed by atoms with Crippen molar-refractivity contribution >= 4 is 23.2 Å². The number of halogens is 2. The van der Waals surface area contributed by atoms with Gasteiger partial charge in [0.15, 0.2) is 0 Å². The van der Waals surface area contributed by atoms with Crippen LogP contribution in [0.2, 0.25) is 10.0 Å². The molecule has 2 heteroatoms.